The van der Waals surface area contributed by atoms with Gasteiger partial charge in [0.25, 0.3) is 0 Å². The zero-order valence-corrected chi connectivity index (χ0v) is 13.3. The summed E-state index contributed by atoms with van der Waals surface area (Å²) in [6.07, 6.45) is 0.132. The molecule has 0 bridgehead atoms. The smallest absolute Gasteiger partial charge is 0.240 e. The summed E-state index contributed by atoms with van der Waals surface area (Å²) in [6, 6.07) is 4.36. The van der Waals surface area contributed by atoms with E-state index in [0.29, 0.717) is 24.6 Å². The van der Waals surface area contributed by atoms with Gasteiger partial charge in [0.1, 0.15) is 18.1 Å². The third kappa shape index (κ3) is 3.63. The lowest BCUT2D eigenvalue weighted by Crippen LogP contribution is -2.36. The van der Waals surface area contributed by atoms with Crippen LogP contribution in [-0.2, 0) is 19.6 Å². The first kappa shape index (κ1) is 16.4. The quantitative estimate of drug-likeness (QED) is 0.859. The van der Waals surface area contributed by atoms with E-state index in [1.165, 1.54) is 36.9 Å². The van der Waals surface area contributed by atoms with Crippen molar-refractivity contribution < 1.29 is 22.7 Å². The number of hydrogen-bond acceptors (Lipinski definition) is 5. The standard InChI is InChI=1S/C14H18N2O5S/c1-10(17)5-6-15-22(19,20)12-3-4-14-13(9-12)16(11(2)18)7-8-21-14/h3-4,9,15H,5-8H2,1-2H3. The maximum absolute atomic E-state index is 12.2. The van der Waals surface area contributed by atoms with Gasteiger partial charge >= 0.3 is 0 Å². The molecule has 1 amide bonds. The topological polar surface area (TPSA) is 92.8 Å². The molecule has 1 aromatic carbocycles. The number of nitrogens with zero attached hydrogens (tertiary/aromatic N) is 1. The van der Waals surface area contributed by atoms with E-state index < -0.39 is 10.0 Å². The molecule has 22 heavy (non-hydrogen) atoms. The van der Waals surface area contributed by atoms with Gasteiger partial charge < -0.3 is 9.64 Å². The summed E-state index contributed by atoms with van der Waals surface area (Å²) in [4.78, 5) is 24.0. The van der Waals surface area contributed by atoms with E-state index in [0.717, 1.165) is 0 Å². The number of amides is 1. The van der Waals surface area contributed by atoms with Crippen molar-refractivity contribution in [3.8, 4) is 5.75 Å². The number of nitrogens with one attached hydrogen (secondary N) is 1. The number of carbonyl (C=O) groups is 2. The molecule has 2 rings (SSSR count). The molecule has 0 fully saturated rings. The second-order valence-corrected chi connectivity index (χ2v) is 6.77. The van der Waals surface area contributed by atoms with Gasteiger partial charge in [0.2, 0.25) is 15.9 Å². The van der Waals surface area contributed by atoms with Crippen LogP contribution in [-0.4, -0.2) is 39.8 Å². The molecule has 1 aliphatic heterocycles. The molecule has 1 N–H and O–H groups in total. The second-order valence-electron chi connectivity index (χ2n) is 5.00. The van der Waals surface area contributed by atoms with E-state index >= 15 is 0 Å². The largest absolute Gasteiger partial charge is 0.490 e. The van der Waals surface area contributed by atoms with E-state index in [-0.39, 0.29) is 29.6 Å². The Bertz CT molecular complexity index is 699. The summed E-state index contributed by atoms with van der Waals surface area (Å²) in [5.74, 6) is 0.206. The van der Waals surface area contributed by atoms with E-state index in [2.05, 4.69) is 4.72 Å². The van der Waals surface area contributed by atoms with Gasteiger partial charge in [-0.1, -0.05) is 0 Å². The van der Waals surface area contributed by atoms with Crippen LogP contribution >= 0.6 is 0 Å². The van der Waals surface area contributed by atoms with Gasteiger partial charge in [-0.25, -0.2) is 13.1 Å². The molecule has 1 heterocycles. The molecule has 0 saturated heterocycles. The molecular formula is C14H18N2O5S. The number of fused-ring (bicyclic) bond motifs is 1. The lowest BCUT2D eigenvalue weighted by atomic mass is 10.2. The van der Waals surface area contributed by atoms with Gasteiger partial charge in [-0.3, -0.25) is 9.59 Å². The van der Waals surface area contributed by atoms with Crippen molar-refractivity contribution in [2.45, 2.75) is 25.2 Å². The molecule has 0 aliphatic carbocycles. The minimum Gasteiger partial charge on any atom is -0.490 e. The monoisotopic (exact) mass is 326 g/mol. The first-order valence-corrected chi connectivity index (χ1v) is 8.33. The van der Waals surface area contributed by atoms with Crippen molar-refractivity contribution in [3.63, 3.8) is 0 Å². The molecule has 0 atom stereocenters. The van der Waals surface area contributed by atoms with Gasteiger partial charge in [-0.15, -0.1) is 0 Å². The van der Waals surface area contributed by atoms with Crippen LogP contribution in [0.2, 0.25) is 0 Å². The number of benzene rings is 1. The zero-order chi connectivity index (χ0) is 16.3. The number of hydrogen-bond donors (Lipinski definition) is 1. The van der Waals surface area contributed by atoms with Crippen molar-refractivity contribution in [2.75, 3.05) is 24.6 Å². The number of ether oxygens (including phenoxy) is 1. The van der Waals surface area contributed by atoms with Gasteiger partial charge in [-0.05, 0) is 25.1 Å². The third-order valence-electron chi connectivity index (χ3n) is 3.25. The van der Waals surface area contributed by atoms with Crippen LogP contribution < -0.4 is 14.4 Å². The molecular weight excluding hydrogens is 308 g/mol. The summed E-state index contributed by atoms with van der Waals surface area (Å²) >= 11 is 0. The van der Waals surface area contributed by atoms with Crippen LogP contribution in [0.5, 0.6) is 5.75 Å². The number of anilines is 1. The highest BCUT2D eigenvalue weighted by Gasteiger charge is 2.24. The molecule has 0 saturated carbocycles. The summed E-state index contributed by atoms with van der Waals surface area (Å²) in [5, 5.41) is 0. The number of ketones is 1. The van der Waals surface area contributed by atoms with Crippen molar-refractivity contribution in [1.82, 2.24) is 4.72 Å². The van der Waals surface area contributed by atoms with Gasteiger partial charge in [0, 0.05) is 19.9 Å². The number of rotatable bonds is 5. The molecule has 1 aromatic rings. The van der Waals surface area contributed by atoms with E-state index in [4.69, 9.17) is 4.74 Å². The maximum atomic E-state index is 12.2. The molecule has 0 spiro atoms. The molecule has 7 nitrogen and oxygen atoms in total. The SMILES string of the molecule is CC(=O)CCNS(=O)(=O)c1ccc2c(c1)N(C(C)=O)CCO2. The Balaban J connectivity index is 2.27. The van der Waals surface area contributed by atoms with Crippen molar-refractivity contribution >= 4 is 27.4 Å². The molecule has 120 valence electrons. The normalized spacial score (nSPS) is 14.2. The summed E-state index contributed by atoms with van der Waals surface area (Å²) < 4.78 is 32.2. The zero-order valence-electron chi connectivity index (χ0n) is 12.5. The van der Waals surface area contributed by atoms with Gasteiger partial charge in [0.15, 0.2) is 0 Å². The van der Waals surface area contributed by atoms with E-state index in [1.807, 2.05) is 0 Å². The first-order chi connectivity index (χ1) is 10.3. The van der Waals surface area contributed by atoms with Crippen molar-refractivity contribution in [1.29, 1.82) is 0 Å². The van der Waals surface area contributed by atoms with Crippen LogP contribution in [0.15, 0.2) is 23.1 Å². The Hall–Kier alpha value is -1.93. The van der Waals surface area contributed by atoms with Gasteiger partial charge in [-0.2, -0.15) is 0 Å². The Kier molecular flexibility index (Phi) is 4.82. The molecule has 0 aromatic heterocycles. The average Bonchev–Trinajstić information content (AvgIpc) is 2.45. The maximum Gasteiger partial charge on any atom is 0.240 e. The van der Waals surface area contributed by atoms with Crippen LogP contribution in [0.1, 0.15) is 20.3 Å². The lowest BCUT2D eigenvalue weighted by molar-refractivity contribution is -0.117. The fraction of sp³-hybridized carbons (Fsp3) is 0.429. The van der Waals surface area contributed by atoms with Crippen molar-refractivity contribution in [2.24, 2.45) is 0 Å². The molecule has 0 radical (unpaired) electrons. The number of Topliss-reactive ketones (excluding diaryl/α,β-unsaturated/α-hetero) is 1. The number of sulfonamides is 1. The molecule has 0 unspecified atom stereocenters. The highest BCUT2D eigenvalue weighted by atomic mass is 32.2. The summed E-state index contributed by atoms with van der Waals surface area (Å²) in [7, 11) is -3.73. The van der Waals surface area contributed by atoms with Crippen molar-refractivity contribution in [3.05, 3.63) is 18.2 Å². The minimum absolute atomic E-state index is 0.0338. The predicted molar refractivity (Wildman–Crippen MR) is 80.5 cm³/mol. The highest BCUT2D eigenvalue weighted by Crippen LogP contribution is 2.33. The molecule has 8 heteroatoms. The lowest BCUT2D eigenvalue weighted by Gasteiger charge is -2.29. The Morgan fingerprint density at radius 3 is 2.68 bits per heavy atom. The summed E-state index contributed by atoms with van der Waals surface area (Å²) in [6.45, 7) is 3.61. The highest BCUT2D eigenvalue weighted by molar-refractivity contribution is 7.89. The predicted octanol–water partition coefficient (Wildman–Crippen LogP) is 0.689. The fourth-order valence-electron chi connectivity index (χ4n) is 2.14. The summed E-state index contributed by atoms with van der Waals surface area (Å²) in [5.41, 5.74) is 0.438. The van der Waals surface area contributed by atoms with Crippen LogP contribution in [0.3, 0.4) is 0 Å². The Morgan fingerprint density at radius 1 is 1.32 bits per heavy atom. The van der Waals surface area contributed by atoms with Crippen LogP contribution in [0.25, 0.3) is 0 Å². The van der Waals surface area contributed by atoms with E-state index in [1.54, 1.807) is 0 Å². The second kappa shape index (κ2) is 6.45. The third-order valence-corrected chi connectivity index (χ3v) is 4.71. The first-order valence-electron chi connectivity index (χ1n) is 6.85. The molecule has 1 aliphatic rings. The fourth-order valence-corrected chi connectivity index (χ4v) is 3.19. The Morgan fingerprint density at radius 2 is 2.05 bits per heavy atom. The average molecular weight is 326 g/mol. The van der Waals surface area contributed by atoms with E-state index in [9.17, 15) is 18.0 Å². The van der Waals surface area contributed by atoms with Crippen LogP contribution in [0.4, 0.5) is 5.69 Å². The minimum atomic E-state index is -3.73. The Labute approximate surface area is 129 Å². The number of carbonyl (C=O) groups excluding carboxylic acids is 2. The van der Waals surface area contributed by atoms with Gasteiger partial charge in [0.05, 0.1) is 17.1 Å². The van der Waals surface area contributed by atoms with Crippen LogP contribution in [0, 0.1) is 0 Å².